The van der Waals surface area contributed by atoms with Crippen molar-refractivity contribution in [3.63, 3.8) is 0 Å². The third kappa shape index (κ3) is 3.88. The zero-order valence-corrected chi connectivity index (χ0v) is 11.9. The van der Waals surface area contributed by atoms with Crippen LogP contribution in [0.3, 0.4) is 0 Å². The van der Waals surface area contributed by atoms with Crippen LogP contribution in [0.1, 0.15) is 33.1 Å². The van der Waals surface area contributed by atoms with E-state index in [-0.39, 0.29) is 0 Å². The van der Waals surface area contributed by atoms with Crippen molar-refractivity contribution in [2.24, 2.45) is 10.9 Å². The van der Waals surface area contributed by atoms with Crippen LogP contribution in [0.15, 0.2) is 4.99 Å². The quantitative estimate of drug-likeness (QED) is 0.834. The second kappa shape index (κ2) is 6.64. The van der Waals surface area contributed by atoms with Gasteiger partial charge in [0.15, 0.2) is 5.17 Å². The first-order chi connectivity index (χ1) is 8.31. The van der Waals surface area contributed by atoms with E-state index in [1.54, 1.807) is 0 Å². The predicted octanol–water partition coefficient (Wildman–Crippen LogP) is 2.19. The first-order valence-corrected chi connectivity index (χ1v) is 7.96. The molecule has 2 aliphatic rings. The Morgan fingerprint density at radius 2 is 2.12 bits per heavy atom. The summed E-state index contributed by atoms with van der Waals surface area (Å²) in [6, 6.07) is 0.653. The van der Waals surface area contributed by atoms with Crippen molar-refractivity contribution in [3.05, 3.63) is 0 Å². The molecule has 2 fully saturated rings. The number of likely N-dealkylation sites (tertiary alicyclic amines) is 1. The molecular weight excluding hydrogens is 230 g/mol. The topological polar surface area (TPSA) is 27.6 Å². The molecule has 0 spiro atoms. The van der Waals surface area contributed by atoms with Gasteiger partial charge in [-0.05, 0) is 44.8 Å². The molecule has 17 heavy (non-hydrogen) atoms. The van der Waals surface area contributed by atoms with Crippen molar-refractivity contribution in [3.8, 4) is 0 Å². The molecule has 3 nitrogen and oxygen atoms in total. The highest BCUT2D eigenvalue weighted by Gasteiger charge is 2.20. The molecule has 2 heterocycles. The van der Waals surface area contributed by atoms with E-state index in [0.717, 1.165) is 12.5 Å². The molecule has 1 atom stereocenters. The molecule has 0 bridgehead atoms. The van der Waals surface area contributed by atoms with E-state index in [1.165, 1.54) is 49.8 Å². The summed E-state index contributed by atoms with van der Waals surface area (Å²) < 4.78 is 0. The van der Waals surface area contributed by atoms with Gasteiger partial charge in [-0.2, -0.15) is 0 Å². The highest BCUT2D eigenvalue weighted by Crippen LogP contribution is 2.20. The largest absolute Gasteiger partial charge is 0.361 e. The Kier molecular flexibility index (Phi) is 5.16. The van der Waals surface area contributed by atoms with E-state index in [9.17, 15) is 0 Å². The fourth-order valence-corrected chi connectivity index (χ4v) is 3.54. The maximum absolute atomic E-state index is 4.75. The normalized spacial score (nSPS) is 29.8. The number of hydrogen-bond acceptors (Lipinski definition) is 3. The molecule has 2 aliphatic heterocycles. The Morgan fingerprint density at radius 1 is 1.35 bits per heavy atom. The van der Waals surface area contributed by atoms with Gasteiger partial charge in [-0.15, -0.1) is 0 Å². The van der Waals surface area contributed by atoms with Gasteiger partial charge in [0.05, 0.1) is 0 Å². The van der Waals surface area contributed by atoms with Gasteiger partial charge in [0.25, 0.3) is 0 Å². The fraction of sp³-hybridized carbons (Fsp3) is 0.923. The average Bonchev–Trinajstić information content (AvgIpc) is 2.85. The monoisotopic (exact) mass is 255 g/mol. The van der Waals surface area contributed by atoms with Crippen LogP contribution >= 0.6 is 11.8 Å². The standard InChI is InChI=1S/C13H25N3S/c1-3-12-10-17-13(15-12)14-9-11-5-7-16(4-2)8-6-11/h11-12H,3-10H2,1-2H3,(H,14,15). The number of thioether (sulfide) groups is 1. The number of nitrogens with zero attached hydrogens (tertiary/aromatic N) is 2. The van der Waals surface area contributed by atoms with Gasteiger partial charge in [0.1, 0.15) is 0 Å². The van der Waals surface area contributed by atoms with E-state index >= 15 is 0 Å². The second-order valence-electron chi connectivity index (χ2n) is 5.08. The van der Waals surface area contributed by atoms with Crippen molar-refractivity contribution in [1.29, 1.82) is 0 Å². The molecule has 0 aliphatic carbocycles. The maximum atomic E-state index is 4.75. The summed E-state index contributed by atoms with van der Waals surface area (Å²) in [6.07, 6.45) is 3.86. The minimum atomic E-state index is 0.653. The van der Waals surface area contributed by atoms with Gasteiger partial charge in [0, 0.05) is 18.3 Å². The second-order valence-corrected chi connectivity index (χ2v) is 6.09. The highest BCUT2D eigenvalue weighted by molar-refractivity contribution is 8.14. The summed E-state index contributed by atoms with van der Waals surface area (Å²) in [7, 11) is 0. The van der Waals surface area contributed by atoms with E-state index in [1.807, 2.05) is 11.8 Å². The number of rotatable bonds is 4. The Morgan fingerprint density at radius 3 is 2.71 bits per heavy atom. The van der Waals surface area contributed by atoms with Crippen LogP contribution in [0, 0.1) is 5.92 Å². The van der Waals surface area contributed by atoms with Crippen molar-refractivity contribution < 1.29 is 0 Å². The number of nitrogens with one attached hydrogen (secondary N) is 1. The Labute approximate surface area is 109 Å². The average molecular weight is 255 g/mol. The summed E-state index contributed by atoms with van der Waals surface area (Å²) >= 11 is 1.90. The molecule has 1 unspecified atom stereocenters. The minimum Gasteiger partial charge on any atom is -0.361 e. The van der Waals surface area contributed by atoms with Crippen LogP contribution in [-0.2, 0) is 0 Å². The SMILES string of the molecule is CCC1CSC(=NCC2CCN(CC)CC2)N1. The lowest BCUT2D eigenvalue weighted by Gasteiger charge is -2.30. The fourth-order valence-electron chi connectivity index (χ4n) is 2.45. The lowest BCUT2D eigenvalue weighted by Crippen LogP contribution is -2.34. The van der Waals surface area contributed by atoms with Gasteiger partial charge in [-0.3, -0.25) is 4.99 Å². The third-order valence-corrected chi connectivity index (χ3v) is 4.98. The summed E-state index contributed by atoms with van der Waals surface area (Å²) in [4.78, 5) is 7.29. The van der Waals surface area contributed by atoms with E-state index in [4.69, 9.17) is 4.99 Å². The molecular formula is C13H25N3S. The predicted molar refractivity (Wildman–Crippen MR) is 76.8 cm³/mol. The molecule has 98 valence electrons. The number of amidine groups is 1. The van der Waals surface area contributed by atoms with Crippen LogP contribution in [0.5, 0.6) is 0 Å². The van der Waals surface area contributed by atoms with Crippen LogP contribution in [0.25, 0.3) is 0 Å². The number of aliphatic imine (C=N–C) groups is 1. The number of piperidine rings is 1. The van der Waals surface area contributed by atoms with Gasteiger partial charge in [-0.1, -0.05) is 25.6 Å². The molecule has 0 aromatic rings. The summed E-state index contributed by atoms with van der Waals surface area (Å²) in [5.74, 6) is 2.01. The number of hydrogen-bond donors (Lipinski definition) is 1. The van der Waals surface area contributed by atoms with Gasteiger partial charge in [-0.25, -0.2) is 0 Å². The summed E-state index contributed by atoms with van der Waals surface area (Å²) in [5, 5.41) is 4.69. The lowest BCUT2D eigenvalue weighted by atomic mass is 9.97. The van der Waals surface area contributed by atoms with Crippen molar-refractivity contribution in [2.75, 3.05) is 31.9 Å². The molecule has 0 aromatic carbocycles. The van der Waals surface area contributed by atoms with Gasteiger partial charge in [0.2, 0.25) is 0 Å². The molecule has 0 radical (unpaired) electrons. The highest BCUT2D eigenvalue weighted by atomic mass is 32.2. The van der Waals surface area contributed by atoms with Crippen LogP contribution in [0.4, 0.5) is 0 Å². The van der Waals surface area contributed by atoms with Crippen molar-refractivity contribution in [1.82, 2.24) is 10.2 Å². The molecule has 2 rings (SSSR count). The Balaban J connectivity index is 1.70. The lowest BCUT2D eigenvalue weighted by molar-refractivity contribution is 0.196. The minimum absolute atomic E-state index is 0.653. The molecule has 1 N–H and O–H groups in total. The first-order valence-electron chi connectivity index (χ1n) is 6.98. The summed E-state index contributed by atoms with van der Waals surface area (Å²) in [6.45, 7) is 9.26. The van der Waals surface area contributed by atoms with E-state index in [2.05, 4.69) is 24.1 Å². The Bertz CT molecular complexity index is 259. The summed E-state index contributed by atoms with van der Waals surface area (Å²) in [5.41, 5.74) is 0. The zero-order chi connectivity index (χ0) is 12.1. The maximum Gasteiger partial charge on any atom is 0.156 e. The third-order valence-electron chi connectivity index (χ3n) is 3.89. The van der Waals surface area contributed by atoms with Gasteiger partial charge >= 0.3 is 0 Å². The van der Waals surface area contributed by atoms with Gasteiger partial charge < -0.3 is 10.2 Å². The van der Waals surface area contributed by atoms with Crippen LogP contribution < -0.4 is 5.32 Å². The molecule has 0 saturated carbocycles. The molecule has 0 amide bonds. The van der Waals surface area contributed by atoms with E-state index < -0.39 is 0 Å². The smallest absolute Gasteiger partial charge is 0.156 e. The first kappa shape index (κ1) is 13.2. The van der Waals surface area contributed by atoms with Crippen molar-refractivity contribution in [2.45, 2.75) is 39.2 Å². The van der Waals surface area contributed by atoms with Crippen molar-refractivity contribution >= 4 is 16.9 Å². The Hall–Kier alpha value is -0.220. The van der Waals surface area contributed by atoms with Crippen LogP contribution in [-0.4, -0.2) is 48.0 Å². The van der Waals surface area contributed by atoms with E-state index in [0.29, 0.717) is 6.04 Å². The zero-order valence-electron chi connectivity index (χ0n) is 11.1. The molecule has 0 aromatic heterocycles. The van der Waals surface area contributed by atoms with Crippen LogP contribution in [0.2, 0.25) is 0 Å². The molecule has 4 heteroatoms. The molecule has 2 saturated heterocycles.